The second-order valence-corrected chi connectivity index (χ2v) is 2.99. The first-order valence-electron chi connectivity index (χ1n) is 3.83. The Morgan fingerprint density at radius 3 is 2.79 bits per heavy atom. The first-order valence-corrected chi connectivity index (χ1v) is 4.21. The number of aryl methyl sites for hydroxylation is 1. The van der Waals surface area contributed by atoms with Gasteiger partial charge < -0.3 is 5.73 Å². The minimum absolute atomic E-state index is 0.264. The molecule has 2 N–H and O–H groups in total. The molecule has 0 atom stereocenters. The molecule has 2 aromatic rings. The topological polar surface area (TPSA) is 82.5 Å². The smallest absolute Gasteiger partial charge is 0.160 e. The molecule has 0 unspecified atom stereocenters. The lowest BCUT2D eigenvalue weighted by Crippen LogP contribution is -2.06. The monoisotopic (exact) mass is 210 g/mol. The second-order valence-electron chi connectivity index (χ2n) is 2.64. The van der Waals surface area contributed by atoms with E-state index in [1.807, 2.05) is 0 Å². The van der Waals surface area contributed by atoms with Gasteiger partial charge in [0.15, 0.2) is 11.0 Å². The maximum absolute atomic E-state index is 5.91. The van der Waals surface area contributed by atoms with Gasteiger partial charge in [0.1, 0.15) is 24.2 Å². The molecule has 0 spiro atoms. The van der Waals surface area contributed by atoms with Gasteiger partial charge in [-0.25, -0.2) is 19.6 Å². The van der Waals surface area contributed by atoms with Crippen molar-refractivity contribution in [1.82, 2.24) is 24.7 Å². The summed E-state index contributed by atoms with van der Waals surface area (Å²) in [6.45, 7) is 1.72. The summed E-state index contributed by atoms with van der Waals surface area (Å²) in [7, 11) is 0. The molecule has 0 aliphatic rings. The Balaban J connectivity index is 2.64. The Morgan fingerprint density at radius 2 is 2.21 bits per heavy atom. The van der Waals surface area contributed by atoms with Crippen LogP contribution < -0.4 is 5.73 Å². The molecule has 0 saturated carbocycles. The predicted molar refractivity (Wildman–Crippen MR) is 51.1 cm³/mol. The average molecular weight is 211 g/mol. The van der Waals surface area contributed by atoms with E-state index in [0.717, 1.165) is 0 Å². The summed E-state index contributed by atoms with van der Waals surface area (Å²) in [6, 6.07) is 0. The Morgan fingerprint density at radius 1 is 1.43 bits per heavy atom. The standard InChI is InChI=1S/C7H7ClN6/c1-4-12-6(8)5(7(9)13-4)14-3-10-2-11-14/h2-3H,1H3,(H2,9,12,13). The fourth-order valence-electron chi connectivity index (χ4n) is 1.09. The van der Waals surface area contributed by atoms with Crippen molar-refractivity contribution in [1.29, 1.82) is 0 Å². The van der Waals surface area contributed by atoms with Crippen molar-refractivity contribution < 1.29 is 0 Å². The van der Waals surface area contributed by atoms with Crippen LogP contribution in [0.3, 0.4) is 0 Å². The van der Waals surface area contributed by atoms with Crippen LogP contribution in [0.25, 0.3) is 5.69 Å². The van der Waals surface area contributed by atoms with E-state index in [9.17, 15) is 0 Å². The van der Waals surface area contributed by atoms with Gasteiger partial charge in [0.2, 0.25) is 0 Å². The molecule has 2 aromatic heterocycles. The molecule has 0 aliphatic carbocycles. The normalized spacial score (nSPS) is 10.4. The maximum atomic E-state index is 5.91. The molecule has 0 aliphatic heterocycles. The molecule has 0 saturated heterocycles. The number of nitrogens with zero attached hydrogens (tertiary/aromatic N) is 5. The summed E-state index contributed by atoms with van der Waals surface area (Å²) < 4.78 is 1.43. The molecule has 0 bridgehead atoms. The van der Waals surface area contributed by atoms with Crippen molar-refractivity contribution >= 4 is 17.4 Å². The van der Waals surface area contributed by atoms with Crippen LogP contribution in [-0.4, -0.2) is 24.7 Å². The number of anilines is 1. The molecule has 2 heterocycles. The van der Waals surface area contributed by atoms with E-state index in [1.165, 1.54) is 17.3 Å². The Labute approximate surface area is 84.8 Å². The summed E-state index contributed by atoms with van der Waals surface area (Å²) in [5.41, 5.74) is 6.14. The van der Waals surface area contributed by atoms with Gasteiger partial charge >= 0.3 is 0 Å². The highest BCUT2D eigenvalue weighted by Gasteiger charge is 2.11. The van der Waals surface area contributed by atoms with Gasteiger partial charge in [-0.3, -0.25) is 0 Å². The summed E-state index contributed by atoms with van der Waals surface area (Å²) >= 11 is 5.91. The zero-order valence-electron chi connectivity index (χ0n) is 7.35. The van der Waals surface area contributed by atoms with Crippen LogP contribution in [0.15, 0.2) is 12.7 Å². The number of nitrogen functional groups attached to an aromatic ring is 1. The van der Waals surface area contributed by atoms with Gasteiger partial charge in [-0.15, -0.1) is 0 Å². The Hall–Kier alpha value is -1.69. The average Bonchev–Trinajstić information content (AvgIpc) is 2.54. The van der Waals surface area contributed by atoms with Crippen molar-refractivity contribution in [2.45, 2.75) is 6.92 Å². The van der Waals surface area contributed by atoms with E-state index < -0.39 is 0 Å². The van der Waals surface area contributed by atoms with E-state index in [4.69, 9.17) is 17.3 Å². The summed E-state index contributed by atoms with van der Waals surface area (Å²) in [6.07, 6.45) is 2.87. The van der Waals surface area contributed by atoms with Crippen LogP contribution in [0.1, 0.15) is 5.82 Å². The SMILES string of the molecule is Cc1nc(N)c(-n2cncn2)c(Cl)n1. The van der Waals surface area contributed by atoms with Crippen LogP contribution >= 0.6 is 11.6 Å². The molecule has 6 nitrogen and oxygen atoms in total. The quantitative estimate of drug-likeness (QED) is 0.697. The zero-order chi connectivity index (χ0) is 10.1. The number of aromatic nitrogens is 5. The van der Waals surface area contributed by atoms with E-state index in [-0.39, 0.29) is 11.0 Å². The molecule has 0 aromatic carbocycles. The number of nitrogens with two attached hydrogens (primary N) is 1. The minimum Gasteiger partial charge on any atom is -0.382 e. The van der Waals surface area contributed by atoms with Crippen molar-refractivity contribution in [3.05, 3.63) is 23.6 Å². The van der Waals surface area contributed by atoms with E-state index in [2.05, 4.69) is 20.1 Å². The molecule has 72 valence electrons. The minimum atomic E-state index is 0.264. The van der Waals surface area contributed by atoms with Crippen molar-refractivity contribution in [3.63, 3.8) is 0 Å². The molecule has 14 heavy (non-hydrogen) atoms. The van der Waals surface area contributed by atoms with Gasteiger partial charge in [0.25, 0.3) is 0 Å². The molecular weight excluding hydrogens is 204 g/mol. The van der Waals surface area contributed by atoms with Crippen LogP contribution in [0.2, 0.25) is 5.15 Å². The van der Waals surface area contributed by atoms with Gasteiger partial charge in [-0.1, -0.05) is 11.6 Å². The van der Waals surface area contributed by atoms with Crippen molar-refractivity contribution in [2.75, 3.05) is 5.73 Å². The fourth-order valence-corrected chi connectivity index (χ4v) is 1.39. The Kier molecular flexibility index (Phi) is 2.05. The van der Waals surface area contributed by atoms with E-state index >= 15 is 0 Å². The third-order valence-electron chi connectivity index (χ3n) is 1.63. The lowest BCUT2D eigenvalue weighted by Gasteiger charge is -2.06. The highest BCUT2D eigenvalue weighted by Crippen LogP contribution is 2.21. The maximum Gasteiger partial charge on any atom is 0.160 e. The molecule has 2 rings (SSSR count). The first kappa shape index (κ1) is 8.89. The van der Waals surface area contributed by atoms with Gasteiger partial charge in [-0.2, -0.15) is 5.10 Å². The number of hydrogen-bond acceptors (Lipinski definition) is 5. The highest BCUT2D eigenvalue weighted by molar-refractivity contribution is 6.31. The third-order valence-corrected chi connectivity index (χ3v) is 1.89. The largest absolute Gasteiger partial charge is 0.382 e. The Bertz CT molecular complexity index is 428. The van der Waals surface area contributed by atoms with E-state index in [0.29, 0.717) is 11.5 Å². The van der Waals surface area contributed by atoms with Crippen LogP contribution in [0.5, 0.6) is 0 Å². The summed E-state index contributed by atoms with van der Waals surface area (Å²) in [5, 5.41) is 4.16. The lowest BCUT2D eigenvalue weighted by molar-refractivity contribution is 0.860. The molecule has 0 fully saturated rings. The molecule has 7 heteroatoms. The van der Waals surface area contributed by atoms with Crippen molar-refractivity contribution in [2.24, 2.45) is 0 Å². The molecule has 0 radical (unpaired) electrons. The van der Waals surface area contributed by atoms with Crippen LogP contribution in [0, 0.1) is 6.92 Å². The third kappa shape index (κ3) is 1.39. The molecule has 0 amide bonds. The van der Waals surface area contributed by atoms with E-state index in [1.54, 1.807) is 6.92 Å². The number of rotatable bonds is 1. The number of hydrogen-bond donors (Lipinski definition) is 1. The predicted octanol–water partition coefficient (Wildman–Crippen LogP) is 0.601. The second kappa shape index (κ2) is 3.22. The molecular formula is C7H7ClN6. The highest BCUT2D eigenvalue weighted by atomic mass is 35.5. The van der Waals surface area contributed by atoms with Gasteiger partial charge in [0, 0.05) is 0 Å². The lowest BCUT2D eigenvalue weighted by atomic mass is 10.4. The van der Waals surface area contributed by atoms with Gasteiger partial charge in [-0.05, 0) is 6.92 Å². The summed E-state index contributed by atoms with van der Waals surface area (Å²) in [5.74, 6) is 0.810. The van der Waals surface area contributed by atoms with Crippen LogP contribution in [0.4, 0.5) is 5.82 Å². The fraction of sp³-hybridized carbons (Fsp3) is 0.143. The zero-order valence-corrected chi connectivity index (χ0v) is 8.10. The van der Waals surface area contributed by atoms with Crippen LogP contribution in [-0.2, 0) is 0 Å². The van der Waals surface area contributed by atoms with Crippen molar-refractivity contribution in [3.8, 4) is 5.69 Å². The first-order chi connectivity index (χ1) is 6.68. The van der Waals surface area contributed by atoms with Gasteiger partial charge in [0.05, 0.1) is 0 Å². The number of halogens is 1. The summed E-state index contributed by atoms with van der Waals surface area (Å²) in [4.78, 5) is 11.7.